The summed E-state index contributed by atoms with van der Waals surface area (Å²) in [6, 6.07) is 0. The van der Waals surface area contributed by atoms with Gasteiger partial charge in [0.15, 0.2) is 0 Å². The monoisotopic (exact) mass is 402 g/mol. The molecule has 2 nitrogen and oxygen atoms in total. The lowest BCUT2D eigenvalue weighted by Crippen LogP contribution is -2.70. The van der Waals surface area contributed by atoms with Gasteiger partial charge in [0.05, 0.1) is 5.66 Å². The van der Waals surface area contributed by atoms with E-state index in [2.05, 4.69) is 34.6 Å². The maximum atomic E-state index is 7.03. The zero-order valence-corrected chi connectivity index (χ0v) is 20.2. The second-order valence-corrected chi connectivity index (χ2v) is 13.0. The van der Waals surface area contributed by atoms with Crippen LogP contribution in [-0.2, 0) is 0 Å². The molecule has 8 atom stereocenters. The number of hydrogen-bond acceptors (Lipinski definition) is 2. The maximum Gasteiger partial charge on any atom is 0.0674 e. The van der Waals surface area contributed by atoms with Crippen molar-refractivity contribution in [2.75, 3.05) is 0 Å². The van der Waals surface area contributed by atoms with Crippen molar-refractivity contribution < 1.29 is 0 Å². The van der Waals surface area contributed by atoms with E-state index in [0.717, 1.165) is 41.9 Å². The Bertz CT molecular complexity index is 583. The smallest absolute Gasteiger partial charge is 0.0674 e. The molecule has 0 aromatic rings. The van der Waals surface area contributed by atoms with Gasteiger partial charge in [0.25, 0.3) is 0 Å². The fourth-order valence-corrected chi connectivity index (χ4v) is 9.47. The third-order valence-corrected chi connectivity index (χ3v) is 11.0. The van der Waals surface area contributed by atoms with Gasteiger partial charge in [0.1, 0.15) is 0 Å². The van der Waals surface area contributed by atoms with E-state index in [-0.39, 0.29) is 0 Å². The Morgan fingerprint density at radius 3 is 2.28 bits per heavy atom. The quantitative estimate of drug-likeness (QED) is 0.501. The van der Waals surface area contributed by atoms with Crippen molar-refractivity contribution in [3.8, 4) is 0 Å². The minimum Gasteiger partial charge on any atom is -0.313 e. The third kappa shape index (κ3) is 3.63. The summed E-state index contributed by atoms with van der Waals surface area (Å²) >= 11 is 0. The van der Waals surface area contributed by atoms with Crippen LogP contribution >= 0.6 is 0 Å². The molecule has 2 heteroatoms. The first-order valence-corrected chi connectivity index (χ1v) is 13.2. The molecule has 4 rings (SSSR count). The summed E-state index contributed by atoms with van der Waals surface area (Å²) in [5.74, 6) is 5.42. The van der Waals surface area contributed by atoms with Crippen LogP contribution < -0.4 is 11.5 Å². The minimum atomic E-state index is -0.436. The van der Waals surface area contributed by atoms with Gasteiger partial charge in [-0.25, -0.2) is 0 Å². The summed E-state index contributed by atoms with van der Waals surface area (Å²) in [6.07, 6.45) is 16.5. The van der Waals surface area contributed by atoms with Gasteiger partial charge in [-0.1, -0.05) is 66.7 Å². The second kappa shape index (κ2) is 7.80. The van der Waals surface area contributed by atoms with Crippen molar-refractivity contribution in [3.63, 3.8) is 0 Å². The summed E-state index contributed by atoms with van der Waals surface area (Å²) in [7, 11) is 0. The molecule has 0 bridgehead atoms. The van der Waals surface area contributed by atoms with E-state index in [0.29, 0.717) is 16.7 Å². The molecule has 0 aliphatic heterocycles. The van der Waals surface area contributed by atoms with Gasteiger partial charge in [0.2, 0.25) is 0 Å². The number of fused-ring (bicyclic) bond motifs is 5. The summed E-state index contributed by atoms with van der Waals surface area (Å²) in [6.45, 7) is 12.6. The Morgan fingerprint density at radius 2 is 1.55 bits per heavy atom. The van der Waals surface area contributed by atoms with Crippen LogP contribution in [0.2, 0.25) is 0 Å². The molecule has 4 fully saturated rings. The van der Waals surface area contributed by atoms with Crippen LogP contribution in [0.25, 0.3) is 0 Å². The first-order valence-electron chi connectivity index (χ1n) is 13.2. The van der Waals surface area contributed by atoms with Crippen LogP contribution in [0.1, 0.15) is 112 Å². The molecule has 0 aromatic carbocycles. The van der Waals surface area contributed by atoms with E-state index in [1.54, 1.807) is 0 Å². The van der Waals surface area contributed by atoms with E-state index < -0.39 is 5.66 Å². The molecule has 0 amide bonds. The van der Waals surface area contributed by atoms with Gasteiger partial charge < -0.3 is 11.5 Å². The highest BCUT2D eigenvalue weighted by Gasteiger charge is 2.64. The van der Waals surface area contributed by atoms with Crippen LogP contribution in [0.5, 0.6) is 0 Å². The maximum absolute atomic E-state index is 7.03. The van der Waals surface area contributed by atoms with Crippen LogP contribution in [0, 0.1) is 52.3 Å². The molecule has 0 saturated heterocycles. The molecule has 4 N–H and O–H groups in total. The summed E-state index contributed by atoms with van der Waals surface area (Å²) in [4.78, 5) is 0. The molecule has 0 radical (unpaired) electrons. The second-order valence-electron chi connectivity index (χ2n) is 13.0. The zero-order valence-electron chi connectivity index (χ0n) is 20.2. The third-order valence-electron chi connectivity index (χ3n) is 11.0. The molecule has 168 valence electrons. The van der Waals surface area contributed by atoms with Crippen LogP contribution in [-0.4, -0.2) is 5.66 Å². The van der Waals surface area contributed by atoms with Gasteiger partial charge in [-0.3, -0.25) is 0 Å². The van der Waals surface area contributed by atoms with Gasteiger partial charge in [-0.2, -0.15) is 0 Å². The molecular weight excluding hydrogens is 352 g/mol. The Morgan fingerprint density at radius 1 is 0.828 bits per heavy atom. The fraction of sp³-hybridized carbons (Fsp3) is 1.00. The van der Waals surface area contributed by atoms with Gasteiger partial charge in [-0.05, 0) is 97.2 Å². The van der Waals surface area contributed by atoms with Gasteiger partial charge >= 0.3 is 0 Å². The summed E-state index contributed by atoms with van der Waals surface area (Å²) in [5.41, 5.74) is 14.6. The summed E-state index contributed by atoms with van der Waals surface area (Å²) in [5, 5.41) is 0. The van der Waals surface area contributed by atoms with E-state index >= 15 is 0 Å². The topological polar surface area (TPSA) is 52.0 Å². The van der Waals surface area contributed by atoms with Crippen molar-refractivity contribution in [2.45, 2.75) is 117 Å². The molecule has 1 unspecified atom stereocenters. The Balaban J connectivity index is 1.55. The first-order chi connectivity index (χ1) is 13.6. The van der Waals surface area contributed by atoms with Crippen molar-refractivity contribution in [3.05, 3.63) is 0 Å². The molecule has 0 spiro atoms. The summed E-state index contributed by atoms with van der Waals surface area (Å²) < 4.78 is 0. The first kappa shape index (κ1) is 22.1. The Kier molecular flexibility index (Phi) is 5.95. The van der Waals surface area contributed by atoms with Crippen LogP contribution in [0.15, 0.2) is 0 Å². The predicted molar refractivity (Wildman–Crippen MR) is 124 cm³/mol. The predicted octanol–water partition coefficient (Wildman–Crippen LogP) is 6.72. The number of rotatable bonds is 5. The standard InChI is InChI=1S/C27H50N2/c1-18(2)9-8-10-19(3)21-12-13-22-24-23(14-16-26(21,22)5)25(4)15-7-6-11-20(25)17-27(24,28)29/h18-24H,6-17,28-29H2,1-5H3/t19-,20?,21-,22+,23+,24+,25+,26-/m1/s1. The van der Waals surface area contributed by atoms with E-state index in [1.165, 1.54) is 70.6 Å². The molecule has 0 heterocycles. The van der Waals surface area contributed by atoms with Gasteiger partial charge in [-0.15, -0.1) is 0 Å². The normalized spacial score (nSPS) is 47.4. The Labute approximate surface area is 181 Å². The van der Waals surface area contributed by atoms with Crippen LogP contribution in [0.3, 0.4) is 0 Å². The average Bonchev–Trinajstić information content (AvgIpc) is 2.98. The SMILES string of the molecule is CC(C)CCC[C@@H](C)[C@H]1CC[C@H]2[C@H]3[C@H](CC[C@]12C)[C@@]1(C)CCCCC1CC3(N)N. The molecular formula is C27H50N2. The van der Waals surface area contributed by atoms with Crippen molar-refractivity contribution in [1.29, 1.82) is 0 Å². The lowest BCUT2D eigenvalue weighted by atomic mass is 9.42. The van der Waals surface area contributed by atoms with E-state index in [1.807, 2.05) is 0 Å². The Hall–Kier alpha value is -0.0800. The van der Waals surface area contributed by atoms with Crippen molar-refractivity contribution in [1.82, 2.24) is 0 Å². The van der Waals surface area contributed by atoms with E-state index in [4.69, 9.17) is 11.5 Å². The van der Waals surface area contributed by atoms with Crippen molar-refractivity contribution in [2.24, 2.45) is 63.7 Å². The zero-order chi connectivity index (χ0) is 21.0. The van der Waals surface area contributed by atoms with Crippen LogP contribution in [0.4, 0.5) is 0 Å². The molecule has 4 aliphatic rings. The number of nitrogens with two attached hydrogens (primary N) is 2. The van der Waals surface area contributed by atoms with E-state index in [9.17, 15) is 0 Å². The molecule has 29 heavy (non-hydrogen) atoms. The molecule has 4 saturated carbocycles. The highest BCUT2D eigenvalue weighted by molar-refractivity contribution is 5.15. The average molecular weight is 403 g/mol. The lowest BCUT2D eigenvalue weighted by molar-refractivity contribution is -0.148. The highest BCUT2D eigenvalue weighted by Crippen LogP contribution is 2.69. The highest BCUT2D eigenvalue weighted by atomic mass is 15.0. The fourth-order valence-electron chi connectivity index (χ4n) is 9.47. The van der Waals surface area contributed by atoms with Crippen molar-refractivity contribution >= 4 is 0 Å². The van der Waals surface area contributed by atoms with Gasteiger partial charge in [0, 0.05) is 0 Å². The molecule has 0 aromatic heterocycles. The largest absolute Gasteiger partial charge is 0.313 e. The minimum absolute atomic E-state index is 0.436. The lowest BCUT2D eigenvalue weighted by Gasteiger charge is -2.65. The number of hydrogen-bond donors (Lipinski definition) is 2. The molecule has 4 aliphatic carbocycles.